The number of aliphatic imine (C=N–C) groups is 1. The molecule has 0 amide bonds. The van der Waals surface area contributed by atoms with Crippen molar-refractivity contribution in [3.63, 3.8) is 0 Å². The molecule has 2 rings (SSSR count). The lowest BCUT2D eigenvalue weighted by Crippen LogP contribution is -2.37. The maximum atomic E-state index is 4.26. The van der Waals surface area contributed by atoms with Gasteiger partial charge in [0.2, 0.25) is 0 Å². The van der Waals surface area contributed by atoms with E-state index in [1.54, 1.807) is 11.3 Å². The summed E-state index contributed by atoms with van der Waals surface area (Å²) >= 11 is 1.73. The van der Waals surface area contributed by atoms with E-state index >= 15 is 0 Å². The molecule has 1 aromatic heterocycles. The molecule has 1 aliphatic carbocycles. The largest absolute Gasteiger partial charge is 0.356 e. The molecule has 0 saturated heterocycles. The Balaban J connectivity index is 1.55. The van der Waals surface area contributed by atoms with Gasteiger partial charge in [0.1, 0.15) is 0 Å². The zero-order valence-electron chi connectivity index (χ0n) is 13.3. The lowest BCUT2D eigenvalue weighted by atomic mass is 10.0. The monoisotopic (exact) mass is 308 g/mol. The minimum Gasteiger partial charge on any atom is -0.356 e. The predicted octanol–water partition coefficient (Wildman–Crippen LogP) is 3.48. The fourth-order valence-corrected chi connectivity index (χ4v) is 3.68. The Morgan fingerprint density at radius 2 is 2.14 bits per heavy atom. The van der Waals surface area contributed by atoms with Gasteiger partial charge in [-0.3, -0.25) is 4.99 Å². The highest BCUT2D eigenvalue weighted by Gasteiger charge is 2.13. The number of aryl methyl sites for hydroxylation is 1. The quantitative estimate of drug-likeness (QED) is 0.460. The zero-order chi connectivity index (χ0) is 14.9. The first kappa shape index (κ1) is 16.3. The van der Waals surface area contributed by atoms with Crippen molar-refractivity contribution in [1.29, 1.82) is 0 Å². The number of guanidine groups is 1. The van der Waals surface area contributed by atoms with Crippen molar-refractivity contribution in [1.82, 2.24) is 15.6 Å². The van der Waals surface area contributed by atoms with Gasteiger partial charge in [-0.2, -0.15) is 0 Å². The van der Waals surface area contributed by atoms with Crippen LogP contribution in [-0.2, 0) is 6.54 Å². The van der Waals surface area contributed by atoms with Crippen molar-refractivity contribution in [3.05, 3.63) is 16.1 Å². The van der Waals surface area contributed by atoms with Crippen LogP contribution < -0.4 is 10.6 Å². The highest BCUT2D eigenvalue weighted by molar-refractivity contribution is 7.11. The van der Waals surface area contributed by atoms with Gasteiger partial charge in [-0.1, -0.05) is 38.5 Å². The average Bonchev–Trinajstić information content (AvgIpc) is 3.13. The summed E-state index contributed by atoms with van der Waals surface area (Å²) in [6.45, 7) is 3.84. The van der Waals surface area contributed by atoms with Crippen LogP contribution in [0.15, 0.2) is 11.2 Å². The number of aromatic nitrogens is 1. The molecule has 0 bridgehead atoms. The van der Waals surface area contributed by atoms with E-state index in [1.807, 2.05) is 20.2 Å². The second-order valence-corrected chi connectivity index (χ2v) is 7.16. The summed E-state index contributed by atoms with van der Waals surface area (Å²) in [5.41, 5.74) is 0. The van der Waals surface area contributed by atoms with Crippen LogP contribution in [0.5, 0.6) is 0 Å². The zero-order valence-corrected chi connectivity index (χ0v) is 14.1. The van der Waals surface area contributed by atoms with Crippen molar-refractivity contribution in [2.24, 2.45) is 10.9 Å². The van der Waals surface area contributed by atoms with Crippen molar-refractivity contribution in [2.75, 3.05) is 13.6 Å². The third-order valence-electron chi connectivity index (χ3n) is 4.13. The highest BCUT2D eigenvalue weighted by atomic mass is 32.1. The molecule has 1 aliphatic rings. The summed E-state index contributed by atoms with van der Waals surface area (Å²) < 4.78 is 0. The fourth-order valence-electron chi connectivity index (χ4n) is 2.94. The topological polar surface area (TPSA) is 49.3 Å². The third-order valence-corrected chi connectivity index (χ3v) is 5.04. The molecule has 0 aliphatic heterocycles. The molecule has 118 valence electrons. The van der Waals surface area contributed by atoms with Crippen molar-refractivity contribution in [3.8, 4) is 0 Å². The van der Waals surface area contributed by atoms with E-state index in [1.165, 1.54) is 49.8 Å². The second-order valence-electron chi connectivity index (χ2n) is 5.84. The standard InChI is InChI=1S/C16H28N4S/c1-13-19-11-15(21-13)12-20-16(17-2)18-10-6-5-9-14-7-3-4-8-14/h11,14H,3-10,12H2,1-2H3,(H2,17,18,20). The minimum absolute atomic E-state index is 0.799. The SMILES string of the molecule is CN=C(NCCCCC1CCCC1)NCc1cnc(C)s1. The van der Waals surface area contributed by atoms with Crippen LogP contribution in [0.2, 0.25) is 0 Å². The lowest BCUT2D eigenvalue weighted by Gasteiger charge is -2.12. The van der Waals surface area contributed by atoms with Crippen LogP contribution >= 0.6 is 11.3 Å². The average molecular weight is 308 g/mol. The first-order chi connectivity index (χ1) is 10.3. The van der Waals surface area contributed by atoms with Crippen LogP contribution in [0.4, 0.5) is 0 Å². The summed E-state index contributed by atoms with van der Waals surface area (Å²) in [7, 11) is 1.83. The predicted molar refractivity (Wildman–Crippen MR) is 90.9 cm³/mol. The minimum atomic E-state index is 0.799. The maximum Gasteiger partial charge on any atom is 0.191 e. The molecule has 5 heteroatoms. The van der Waals surface area contributed by atoms with Gasteiger partial charge in [0, 0.05) is 24.7 Å². The Labute approximate surface area is 132 Å². The van der Waals surface area contributed by atoms with Crippen LogP contribution in [0, 0.1) is 12.8 Å². The molecule has 1 fully saturated rings. The highest BCUT2D eigenvalue weighted by Crippen LogP contribution is 2.28. The molecule has 0 atom stereocenters. The Hall–Kier alpha value is -1.10. The number of hydrogen-bond donors (Lipinski definition) is 2. The van der Waals surface area contributed by atoms with E-state index in [0.717, 1.165) is 30.0 Å². The van der Waals surface area contributed by atoms with Gasteiger partial charge in [-0.15, -0.1) is 11.3 Å². The Morgan fingerprint density at radius 1 is 1.33 bits per heavy atom. The van der Waals surface area contributed by atoms with Gasteiger partial charge >= 0.3 is 0 Å². The Bertz CT molecular complexity index is 435. The van der Waals surface area contributed by atoms with Gasteiger partial charge in [-0.25, -0.2) is 4.98 Å². The lowest BCUT2D eigenvalue weighted by molar-refractivity contribution is 0.472. The molecular formula is C16H28N4S. The summed E-state index contributed by atoms with van der Waals surface area (Å²) in [6.07, 6.45) is 11.7. The number of nitrogens with zero attached hydrogens (tertiary/aromatic N) is 2. The summed E-state index contributed by atoms with van der Waals surface area (Å²) in [5, 5.41) is 7.85. The molecule has 1 heterocycles. The van der Waals surface area contributed by atoms with Crippen molar-refractivity contribution in [2.45, 2.75) is 58.4 Å². The molecule has 0 radical (unpaired) electrons. The number of thiazole rings is 1. The first-order valence-corrected chi connectivity index (χ1v) is 8.95. The third kappa shape index (κ3) is 6.04. The molecular weight excluding hydrogens is 280 g/mol. The van der Waals surface area contributed by atoms with Gasteiger partial charge in [0.15, 0.2) is 5.96 Å². The van der Waals surface area contributed by atoms with E-state index in [2.05, 4.69) is 20.6 Å². The molecule has 0 unspecified atom stereocenters. The van der Waals surface area contributed by atoms with Crippen LogP contribution in [0.3, 0.4) is 0 Å². The van der Waals surface area contributed by atoms with Gasteiger partial charge in [0.25, 0.3) is 0 Å². The number of nitrogens with one attached hydrogen (secondary N) is 2. The number of hydrogen-bond acceptors (Lipinski definition) is 3. The molecule has 0 spiro atoms. The number of rotatable bonds is 7. The molecule has 2 N–H and O–H groups in total. The van der Waals surface area contributed by atoms with E-state index < -0.39 is 0 Å². The van der Waals surface area contributed by atoms with E-state index in [4.69, 9.17) is 0 Å². The smallest absolute Gasteiger partial charge is 0.191 e. The van der Waals surface area contributed by atoms with Crippen molar-refractivity contribution >= 4 is 17.3 Å². The number of unbranched alkanes of at least 4 members (excludes halogenated alkanes) is 1. The van der Waals surface area contributed by atoms with Gasteiger partial charge in [0.05, 0.1) is 11.6 Å². The summed E-state index contributed by atoms with van der Waals surface area (Å²) in [5.74, 6) is 1.90. The van der Waals surface area contributed by atoms with E-state index in [0.29, 0.717) is 0 Å². The summed E-state index contributed by atoms with van der Waals surface area (Å²) in [4.78, 5) is 9.77. The molecule has 4 nitrogen and oxygen atoms in total. The van der Waals surface area contributed by atoms with Crippen LogP contribution in [-0.4, -0.2) is 24.5 Å². The normalized spacial score (nSPS) is 16.4. The second kappa shape index (κ2) is 9.03. The Kier molecular flexibility index (Phi) is 7.00. The van der Waals surface area contributed by atoms with E-state index in [-0.39, 0.29) is 0 Å². The van der Waals surface area contributed by atoms with Crippen LogP contribution in [0.25, 0.3) is 0 Å². The molecule has 1 saturated carbocycles. The molecule has 21 heavy (non-hydrogen) atoms. The van der Waals surface area contributed by atoms with Crippen molar-refractivity contribution < 1.29 is 0 Å². The van der Waals surface area contributed by atoms with Crippen LogP contribution in [0.1, 0.15) is 54.8 Å². The van der Waals surface area contributed by atoms with Gasteiger partial charge < -0.3 is 10.6 Å². The first-order valence-electron chi connectivity index (χ1n) is 8.13. The molecule has 0 aromatic carbocycles. The maximum absolute atomic E-state index is 4.26. The van der Waals surface area contributed by atoms with E-state index in [9.17, 15) is 0 Å². The Morgan fingerprint density at radius 3 is 2.81 bits per heavy atom. The summed E-state index contributed by atoms with van der Waals surface area (Å²) in [6, 6.07) is 0. The van der Waals surface area contributed by atoms with Gasteiger partial charge in [-0.05, 0) is 19.3 Å². The molecule has 1 aromatic rings. The fraction of sp³-hybridized carbons (Fsp3) is 0.750.